The van der Waals surface area contributed by atoms with Crippen LogP contribution in [0.5, 0.6) is 5.75 Å². The molecule has 0 radical (unpaired) electrons. The van der Waals surface area contributed by atoms with E-state index in [0.717, 1.165) is 16.8 Å². The van der Waals surface area contributed by atoms with Crippen molar-refractivity contribution in [1.82, 2.24) is 19.7 Å². The van der Waals surface area contributed by atoms with E-state index in [1.54, 1.807) is 29.0 Å². The Kier molecular flexibility index (Phi) is 5.53. The Balaban J connectivity index is 2.02. The van der Waals surface area contributed by atoms with Crippen molar-refractivity contribution in [3.8, 4) is 5.75 Å². The normalized spacial score (nSPS) is 11.3. The summed E-state index contributed by atoms with van der Waals surface area (Å²) < 4.78 is 8.11. The molecule has 138 valence electrons. The molecule has 0 aliphatic heterocycles. The molecule has 0 atom stereocenters. The number of fused-ring (bicyclic) bond motifs is 1. The Hall–Kier alpha value is -2.45. The monoisotopic (exact) mass is 373 g/mol. The molecule has 1 amide bonds. The van der Waals surface area contributed by atoms with Crippen LogP contribution in [0.25, 0.3) is 10.2 Å². The largest absolute Gasteiger partial charge is 0.494 e. The van der Waals surface area contributed by atoms with Gasteiger partial charge in [0.25, 0.3) is 5.91 Å². The highest BCUT2D eigenvalue weighted by atomic mass is 32.1. The van der Waals surface area contributed by atoms with Crippen LogP contribution in [0.15, 0.2) is 30.5 Å². The molecule has 0 saturated carbocycles. The number of aryl methyl sites for hydroxylation is 1. The lowest BCUT2D eigenvalue weighted by atomic mass is 10.3. The molecule has 0 aliphatic carbocycles. The van der Waals surface area contributed by atoms with Gasteiger partial charge in [0.1, 0.15) is 17.0 Å². The van der Waals surface area contributed by atoms with Gasteiger partial charge in [-0.05, 0) is 39.2 Å². The van der Waals surface area contributed by atoms with E-state index < -0.39 is 0 Å². The lowest BCUT2D eigenvalue weighted by Gasteiger charge is -2.22. The highest BCUT2D eigenvalue weighted by molar-refractivity contribution is 7.22. The number of rotatable bonds is 7. The second-order valence-corrected chi connectivity index (χ2v) is 7.10. The predicted octanol–water partition coefficient (Wildman–Crippen LogP) is 2.73. The van der Waals surface area contributed by atoms with Crippen LogP contribution in [0.4, 0.5) is 5.13 Å². The molecule has 0 aliphatic rings. The number of methoxy groups -OCH3 is 1. The Labute approximate surface area is 156 Å². The van der Waals surface area contributed by atoms with E-state index in [2.05, 4.69) is 5.10 Å². The van der Waals surface area contributed by atoms with Crippen LogP contribution in [0.2, 0.25) is 0 Å². The van der Waals surface area contributed by atoms with Gasteiger partial charge in [-0.25, -0.2) is 4.98 Å². The van der Waals surface area contributed by atoms with Crippen molar-refractivity contribution < 1.29 is 9.53 Å². The predicted molar refractivity (Wildman–Crippen MR) is 104 cm³/mol. The van der Waals surface area contributed by atoms with E-state index >= 15 is 0 Å². The third kappa shape index (κ3) is 3.56. The van der Waals surface area contributed by atoms with E-state index in [-0.39, 0.29) is 5.91 Å². The SMILES string of the molecule is CCn1nccc1C(=O)N(CCN(C)C)c1nc2c(OC)cccc2s1. The first kappa shape index (κ1) is 18.3. The van der Waals surface area contributed by atoms with Crippen LogP contribution in [-0.4, -0.2) is 59.9 Å². The smallest absolute Gasteiger partial charge is 0.278 e. The van der Waals surface area contributed by atoms with E-state index in [1.807, 2.05) is 44.1 Å². The maximum absolute atomic E-state index is 13.2. The summed E-state index contributed by atoms with van der Waals surface area (Å²) >= 11 is 1.49. The Morgan fingerprint density at radius 1 is 1.27 bits per heavy atom. The quantitative estimate of drug-likeness (QED) is 0.637. The number of hydrogen-bond acceptors (Lipinski definition) is 6. The van der Waals surface area contributed by atoms with Crippen molar-refractivity contribution in [1.29, 1.82) is 0 Å². The molecule has 0 N–H and O–H groups in total. The molecule has 0 spiro atoms. The summed E-state index contributed by atoms with van der Waals surface area (Å²) in [5.74, 6) is 0.618. The number of anilines is 1. The molecule has 0 saturated heterocycles. The number of para-hydroxylation sites is 1. The van der Waals surface area contributed by atoms with E-state index in [4.69, 9.17) is 9.72 Å². The first-order valence-electron chi connectivity index (χ1n) is 8.47. The highest BCUT2D eigenvalue weighted by Gasteiger charge is 2.24. The van der Waals surface area contributed by atoms with Gasteiger partial charge in [-0.15, -0.1) is 0 Å². The van der Waals surface area contributed by atoms with E-state index in [9.17, 15) is 4.79 Å². The highest BCUT2D eigenvalue weighted by Crippen LogP contribution is 2.34. The summed E-state index contributed by atoms with van der Waals surface area (Å²) in [5, 5.41) is 4.89. The average Bonchev–Trinajstić information content (AvgIpc) is 3.27. The lowest BCUT2D eigenvalue weighted by Crippen LogP contribution is -2.37. The molecule has 8 heteroatoms. The molecule has 3 aromatic rings. The van der Waals surface area contributed by atoms with Crippen LogP contribution in [0.1, 0.15) is 17.4 Å². The van der Waals surface area contributed by atoms with Gasteiger partial charge in [0.05, 0.1) is 11.8 Å². The fourth-order valence-electron chi connectivity index (χ4n) is 2.68. The number of ether oxygens (including phenoxy) is 1. The van der Waals surface area contributed by atoms with Gasteiger partial charge in [0.2, 0.25) is 0 Å². The van der Waals surface area contributed by atoms with Crippen molar-refractivity contribution in [3.63, 3.8) is 0 Å². The minimum atomic E-state index is -0.0933. The fourth-order valence-corrected chi connectivity index (χ4v) is 3.69. The summed E-state index contributed by atoms with van der Waals surface area (Å²) in [6.45, 7) is 3.89. The minimum Gasteiger partial charge on any atom is -0.494 e. The molecule has 26 heavy (non-hydrogen) atoms. The van der Waals surface area contributed by atoms with Crippen LogP contribution < -0.4 is 9.64 Å². The van der Waals surface area contributed by atoms with Crippen LogP contribution in [0.3, 0.4) is 0 Å². The standard InChI is InChI=1S/C18H23N5O2S/c1-5-23-13(9-10-19-23)17(24)22(12-11-21(2)3)18-20-16-14(25-4)7-6-8-15(16)26-18/h6-10H,5,11-12H2,1-4H3. The van der Waals surface area contributed by atoms with Crippen molar-refractivity contribution in [2.75, 3.05) is 39.2 Å². The number of likely N-dealkylation sites (N-methyl/N-ethyl adjacent to an activating group) is 1. The molecule has 2 aromatic heterocycles. The maximum atomic E-state index is 13.2. The maximum Gasteiger partial charge on any atom is 0.278 e. The van der Waals surface area contributed by atoms with Gasteiger partial charge >= 0.3 is 0 Å². The summed E-state index contributed by atoms with van der Waals surface area (Å²) in [6.07, 6.45) is 1.65. The summed E-state index contributed by atoms with van der Waals surface area (Å²) in [5.41, 5.74) is 1.35. The van der Waals surface area contributed by atoms with Gasteiger partial charge in [-0.1, -0.05) is 17.4 Å². The Bertz CT molecular complexity index is 902. The first-order valence-corrected chi connectivity index (χ1v) is 9.28. The zero-order valence-electron chi connectivity index (χ0n) is 15.5. The Morgan fingerprint density at radius 2 is 2.08 bits per heavy atom. The Morgan fingerprint density at radius 3 is 2.77 bits per heavy atom. The molecular weight excluding hydrogens is 350 g/mol. The van der Waals surface area contributed by atoms with Crippen molar-refractivity contribution in [3.05, 3.63) is 36.2 Å². The van der Waals surface area contributed by atoms with Gasteiger partial charge in [0.15, 0.2) is 5.13 Å². The molecule has 3 rings (SSSR count). The molecule has 0 bridgehead atoms. The second kappa shape index (κ2) is 7.84. The number of thiazole rings is 1. The zero-order chi connectivity index (χ0) is 18.7. The number of aromatic nitrogens is 3. The molecular formula is C18H23N5O2S. The number of hydrogen-bond donors (Lipinski definition) is 0. The lowest BCUT2D eigenvalue weighted by molar-refractivity contribution is 0.0975. The van der Waals surface area contributed by atoms with Gasteiger partial charge in [0, 0.05) is 25.8 Å². The topological polar surface area (TPSA) is 63.5 Å². The van der Waals surface area contributed by atoms with Gasteiger partial charge < -0.3 is 9.64 Å². The summed E-state index contributed by atoms with van der Waals surface area (Å²) in [4.78, 5) is 21.7. The molecule has 0 fully saturated rings. The number of carbonyl (C=O) groups is 1. The molecule has 1 aromatic carbocycles. The summed E-state index contributed by atoms with van der Waals surface area (Å²) in [7, 11) is 5.60. The molecule has 0 unspecified atom stereocenters. The summed E-state index contributed by atoms with van der Waals surface area (Å²) in [6, 6.07) is 7.55. The zero-order valence-corrected chi connectivity index (χ0v) is 16.3. The average molecular weight is 373 g/mol. The van der Waals surface area contributed by atoms with Crippen LogP contribution in [-0.2, 0) is 6.54 Å². The minimum absolute atomic E-state index is 0.0933. The third-order valence-corrected chi connectivity index (χ3v) is 5.12. The van der Waals surface area contributed by atoms with E-state index in [1.165, 1.54) is 11.3 Å². The van der Waals surface area contributed by atoms with Crippen LogP contribution in [0, 0.1) is 0 Å². The molecule has 2 heterocycles. The number of nitrogens with zero attached hydrogens (tertiary/aromatic N) is 5. The van der Waals surface area contributed by atoms with Gasteiger partial charge in [-0.2, -0.15) is 5.10 Å². The van der Waals surface area contributed by atoms with Crippen molar-refractivity contribution >= 4 is 32.6 Å². The van der Waals surface area contributed by atoms with Crippen molar-refractivity contribution in [2.24, 2.45) is 0 Å². The number of amides is 1. The number of benzene rings is 1. The first-order chi connectivity index (χ1) is 12.5. The van der Waals surface area contributed by atoms with E-state index in [0.29, 0.717) is 29.7 Å². The molecule has 7 nitrogen and oxygen atoms in total. The second-order valence-electron chi connectivity index (χ2n) is 6.10. The van der Waals surface area contributed by atoms with Crippen LogP contribution >= 0.6 is 11.3 Å². The fraction of sp³-hybridized carbons (Fsp3) is 0.389. The van der Waals surface area contributed by atoms with Gasteiger partial charge in [-0.3, -0.25) is 14.4 Å². The number of carbonyl (C=O) groups excluding carboxylic acids is 1. The van der Waals surface area contributed by atoms with Crippen molar-refractivity contribution in [2.45, 2.75) is 13.5 Å². The third-order valence-electron chi connectivity index (χ3n) is 4.07.